The minimum atomic E-state index is 0.450. The molecule has 1 N–H and O–H groups in total. The molecule has 1 aromatic carbocycles. The van der Waals surface area contributed by atoms with Crippen LogP contribution in [0.2, 0.25) is 0 Å². The lowest BCUT2D eigenvalue weighted by atomic mass is 10.1. The first-order valence-electron chi connectivity index (χ1n) is 7.41. The summed E-state index contributed by atoms with van der Waals surface area (Å²) in [6.07, 6.45) is 3.15. The average Bonchev–Trinajstić information content (AvgIpc) is 2.79. The van der Waals surface area contributed by atoms with Gasteiger partial charge in [-0.3, -0.25) is 0 Å². The van der Waals surface area contributed by atoms with Crippen molar-refractivity contribution in [3.63, 3.8) is 0 Å². The molecular formula is C16H25N3O. The molecule has 1 atom stereocenters. The Morgan fingerprint density at radius 2 is 2.15 bits per heavy atom. The third kappa shape index (κ3) is 3.58. The van der Waals surface area contributed by atoms with Crippen molar-refractivity contribution in [1.82, 2.24) is 14.9 Å². The van der Waals surface area contributed by atoms with Gasteiger partial charge in [0.1, 0.15) is 5.82 Å². The van der Waals surface area contributed by atoms with Crippen LogP contribution in [0.1, 0.15) is 25.6 Å². The summed E-state index contributed by atoms with van der Waals surface area (Å²) < 4.78 is 7.60. The molecule has 1 heterocycles. The number of aryl methyl sites for hydroxylation is 1. The van der Waals surface area contributed by atoms with Crippen LogP contribution in [-0.2, 0) is 18.2 Å². The number of imidazole rings is 1. The van der Waals surface area contributed by atoms with Crippen molar-refractivity contribution in [2.24, 2.45) is 7.05 Å². The molecule has 2 aromatic rings. The molecule has 0 spiro atoms. The second-order valence-corrected chi connectivity index (χ2v) is 5.10. The topological polar surface area (TPSA) is 39.1 Å². The number of ether oxygens (including phenoxy) is 1. The van der Waals surface area contributed by atoms with Crippen molar-refractivity contribution in [2.75, 3.05) is 20.3 Å². The molecule has 4 heteroatoms. The van der Waals surface area contributed by atoms with Crippen LogP contribution in [0, 0.1) is 0 Å². The Balaban J connectivity index is 2.00. The van der Waals surface area contributed by atoms with E-state index in [0.717, 1.165) is 43.8 Å². The zero-order chi connectivity index (χ0) is 14.4. The van der Waals surface area contributed by atoms with Gasteiger partial charge in [0.2, 0.25) is 0 Å². The summed E-state index contributed by atoms with van der Waals surface area (Å²) in [6.45, 7) is 3.68. The van der Waals surface area contributed by atoms with Crippen LogP contribution >= 0.6 is 0 Å². The van der Waals surface area contributed by atoms with Crippen LogP contribution in [0.4, 0.5) is 0 Å². The predicted octanol–water partition coefficient (Wildman–Crippen LogP) is 2.52. The van der Waals surface area contributed by atoms with Gasteiger partial charge in [-0.15, -0.1) is 0 Å². The van der Waals surface area contributed by atoms with E-state index in [0.29, 0.717) is 6.04 Å². The molecule has 0 bridgehead atoms. The summed E-state index contributed by atoms with van der Waals surface area (Å²) in [7, 11) is 4.12. The first-order valence-corrected chi connectivity index (χ1v) is 7.41. The van der Waals surface area contributed by atoms with Gasteiger partial charge in [0.25, 0.3) is 0 Å². The SMILES string of the molecule is CCOCCCC(Cc1nc2ccccc2n1C)NC. The van der Waals surface area contributed by atoms with Crippen molar-refractivity contribution in [1.29, 1.82) is 0 Å². The van der Waals surface area contributed by atoms with E-state index >= 15 is 0 Å². The van der Waals surface area contributed by atoms with Crippen molar-refractivity contribution < 1.29 is 4.74 Å². The molecule has 1 unspecified atom stereocenters. The maximum absolute atomic E-state index is 5.40. The fourth-order valence-corrected chi connectivity index (χ4v) is 2.52. The van der Waals surface area contributed by atoms with Crippen LogP contribution in [0.3, 0.4) is 0 Å². The van der Waals surface area contributed by atoms with Crippen molar-refractivity contribution >= 4 is 11.0 Å². The number of aromatic nitrogens is 2. The molecule has 0 saturated carbocycles. The molecule has 0 radical (unpaired) electrons. The van der Waals surface area contributed by atoms with E-state index in [-0.39, 0.29) is 0 Å². The number of likely N-dealkylation sites (N-methyl/N-ethyl adjacent to an activating group) is 1. The fraction of sp³-hybridized carbons (Fsp3) is 0.562. The molecule has 0 aliphatic carbocycles. The molecule has 0 aliphatic rings. The van der Waals surface area contributed by atoms with E-state index in [4.69, 9.17) is 9.72 Å². The second kappa shape index (κ2) is 7.41. The Hall–Kier alpha value is -1.39. The average molecular weight is 275 g/mol. The molecular weight excluding hydrogens is 250 g/mol. The highest BCUT2D eigenvalue weighted by Crippen LogP contribution is 2.16. The van der Waals surface area contributed by atoms with E-state index < -0.39 is 0 Å². The molecule has 0 amide bonds. The maximum Gasteiger partial charge on any atom is 0.111 e. The smallest absolute Gasteiger partial charge is 0.111 e. The lowest BCUT2D eigenvalue weighted by molar-refractivity contribution is 0.141. The lowest BCUT2D eigenvalue weighted by Gasteiger charge is -2.15. The second-order valence-electron chi connectivity index (χ2n) is 5.10. The standard InChI is InChI=1S/C16H25N3O/c1-4-20-11-7-8-13(17-2)12-16-18-14-9-5-6-10-15(14)19(16)3/h5-6,9-10,13,17H,4,7-8,11-12H2,1-3H3. The number of hydrogen-bond donors (Lipinski definition) is 1. The lowest BCUT2D eigenvalue weighted by Crippen LogP contribution is -2.29. The van der Waals surface area contributed by atoms with Gasteiger partial charge in [-0.2, -0.15) is 0 Å². The number of hydrogen-bond acceptors (Lipinski definition) is 3. The van der Waals surface area contributed by atoms with E-state index in [2.05, 4.69) is 35.1 Å². The Bertz CT molecular complexity index is 536. The van der Waals surface area contributed by atoms with Gasteiger partial charge in [0.15, 0.2) is 0 Å². The monoisotopic (exact) mass is 275 g/mol. The number of nitrogens with one attached hydrogen (secondary N) is 1. The summed E-state index contributed by atoms with van der Waals surface area (Å²) >= 11 is 0. The van der Waals surface area contributed by atoms with Gasteiger partial charge in [-0.05, 0) is 38.9 Å². The van der Waals surface area contributed by atoms with Crippen LogP contribution < -0.4 is 5.32 Å². The number of rotatable bonds is 8. The summed E-state index contributed by atoms with van der Waals surface area (Å²) in [5.74, 6) is 1.14. The predicted molar refractivity (Wildman–Crippen MR) is 83.0 cm³/mol. The van der Waals surface area contributed by atoms with Gasteiger partial charge in [-0.25, -0.2) is 4.98 Å². The molecule has 4 nitrogen and oxygen atoms in total. The van der Waals surface area contributed by atoms with E-state index in [9.17, 15) is 0 Å². The van der Waals surface area contributed by atoms with Gasteiger partial charge in [-0.1, -0.05) is 12.1 Å². The molecule has 110 valence electrons. The van der Waals surface area contributed by atoms with Gasteiger partial charge < -0.3 is 14.6 Å². The summed E-state index contributed by atoms with van der Waals surface area (Å²) in [5.41, 5.74) is 2.28. The minimum Gasteiger partial charge on any atom is -0.382 e. The van der Waals surface area contributed by atoms with Gasteiger partial charge in [0.05, 0.1) is 11.0 Å². The number of benzene rings is 1. The minimum absolute atomic E-state index is 0.450. The third-order valence-corrected chi connectivity index (χ3v) is 3.76. The number of fused-ring (bicyclic) bond motifs is 1. The highest BCUT2D eigenvalue weighted by atomic mass is 16.5. The molecule has 2 rings (SSSR count). The van der Waals surface area contributed by atoms with Crippen molar-refractivity contribution in [2.45, 2.75) is 32.2 Å². The van der Waals surface area contributed by atoms with Crippen molar-refractivity contribution in [3.8, 4) is 0 Å². The zero-order valence-corrected chi connectivity index (χ0v) is 12.7. The van der Waals surface area contributed by atoms with Gasteiger partial charge >= 0.3 is 0 Å². The van der Waals surface area contributed by atoms with Crippen LogP contribution in [0.15, 0.2) is 24.3 Å². The van der Waals surface area contributed by atoms with E-state index in [1.165, 1.54) is 5.52 Å². The first-order chi connectivity index (χ1) is 9.76. The summed E-state index contributed by atoms with van der Waals surface area (Å²) in [4.78, 5) is 4.74. The fourth-order valence-electron chi connectivity index (χ4n) is 2.52. The van der Waals surface area contributed by atoms with E-state index in [1.54, 1.807) is 0 Å². The zero-order valence-electron chi connectivity index (χ0n) is 12.7. The quantitative estimate of drug-likeness (QED) is 0.752. The number of nitrogens with zero attached hydrogens (tertiary/aromatic N) is 2. The highest BCUT2D eigenvalue weighted by molar-refractivity contribution is 5.75. The normalized spacial score (nSPS) is 12.9. The van der Waals surface area contributed by atoms with E-state index in [1.807, 2.05) is 20.0 Å². The van der Waals surface area contributed by atoms with Crippen molar-refractivity contribution in [3.05, 3.63) is 30.1 Å². The summed E-state index contributed by atoms with van der Waals surface area (Å²) in [5, 5.41) is 3.39. The Morgan fingerprint density at radius 1 is 1.35 bits per heavy atom. The Kier molecular flexibility index (Phi) is 5.56. The number of para-hydroxylation sites is 2. The molecule has 20 heavy (non-hydrogen) atoms. The molecule has 0 fully saturated rings. The first kappa shape index (κ1) is 15.0. The van der Waals surface area contributed by atoms with Crippen LogP contribution in [-0.4, -0.2) is 35.9 Å². The third-order valence-electron chi connectivity index (χ3n) is 3.76. The van der Waals surface area contributed by atoms with Gasteiger partial charge in [0, 0.05) is 32.7 Å². The molecule has 1 aromatic heterocycles. The Morgan fingerprint density at radius 3 is 2.85 bits per heavy atom. The Labute approximate surface area is 121 Å². The maximum atomic E-state index is 5.40. The van der Waals surface area contributed by atoms with Crippen LogP contribution in [0.25, 0.3) is 11.0 Å². The largest absolute Gasteiger partial charge is 0.382 e. The molecule has 0 saturated heterocycles. The molecule has 0 aliphatic heterocycles. The highest BCUT2D eigenvalue weighted by Gasteiger charge is 2.13. The summed E-state index contributed by atoms with van der Waals surface area (Å²) in [6, 6.07) is 8.74. The van der Waals surface area contributed by atoms with Crippen LogP contribution in [0.5, 0.6) is 0 Å².